The van der Waals surface area contributed by atoms with Crippen LogP contribution in [-0.2, 0) is 20.8 Å². The van der Waals surface area contributed by atoms with Crippen LogP contribution in [0.25, 0.3) is 0 Å². The van der Waals surface area contributed by atoms with Gasteiger partial charge in [-0.05, 0) is 75.1 Å². The first kappa shape index (κ1) is 26.0. The number of pyridine rings is 1. The normalized spacial score (nSPS) is 43.7. The van der Waals surface area contributed by atoms with Gasteiger partial charge in [-0.2, -0.15) is 5.06 Å². The summed E-state index contributed by atoms with van der Waals surface area (Å²) < 4.78 is 17.4. The number of aliphatic hydroxyl groups excluding tert-OH is 2. The third-order valence-corrected chi connectivity index (χ3v) is 10.8. The summed E-state index contributed by atoms with van der Waals surface area (Å²) >= 11 is 0. The summed E-state index contributed by atoms with van der Waals surface area (Å²) in [7, 11) is 0. The van der Waals surface area contributed by atoms with Gasteiger partial charge < -0.3 is 10.2 Å². The number of aryl methyl sites for hydroxylation is 1. The highest BCUT2D eigenvalue weighted by atomic mass is 19.1. The molecule has 7 nitrogen and oxygen atoms in total. The lowest BCUT2D eigenvalue weighted by Gasteiger charge is -2.62. The van der Waals surface area contributed by atoms with Gasteiger partial charge in [-0.1, -0.05) is 24.6 Å². The lowest BCUT2D eigenvalue weighted by molar-refractivity contribution is -0.265. The first-order valence-corrected chi connectivity index (χ1v) is 13.9. The summed E-state index contributed by atoms with van der Waals surface area (Å²) in [6.07, 6.45) is 10.2. The predicted octanol–water partition coefficient (Wildman–Crippen LogP) is 3.16. The van der Waals surface area contributed by atoms with E-state index < -0.39 is 40.7 Å². The molecule has 6 rings (SSSR count). The van der Waals surface area contributed by atoms with Gasteiger partial charge in [0.2, 0.25) is 0 Å². The number of nitrogens with zero attached hydrogens (tertiary/aromatic N) is 2. The zero-order valence-electron chi connectivity index (χ0n) is 22.1. The van der Waals surface area contributed by atoms with E-state index in [9.17, 15) is 19.8 Å². The lowest BCUT2D eigenvalue weighted by Crippen LogP contribution is -2.69. The minimum Gasteiger partial charge on any atom is -0.390 e. The van der Waals surface area contributed by atoms with Crippen molar-refractivity contribution in [1.29, 1.82) is 0 Å². The number of rotatable bonds is 6. The summed E-state index contributed by atoms with van der Waals surface area (Å²) in [6, 6.07) is 3.94. The Morgan fingerprint density at radius 3 is 2.87 bits per heavy atom. The second kappa shape index (κ2) is 8.88. The van der Waals surface area contributed by atoms with E-state index in [0.29, 0.717) is 32.4 Å². The monoisotopic (exact) mass is 524 g/mol. The summed E-state index contributed by atoms with van der Waals surface area (Å²) in [4.78, 5) is 36.3. The fraction of sp³-hybridized carbons (Fsp3) is 0.633. The SMILES string of the molecule is C[C@]12C=CC(=O)C=C1CC[C@H]1[C@@H]3C[C@H]4CN(CCCc5cccnc5)O[C@@]4(C(=O)CO)[C@@]3(C)C[C@H](O)[C@@]12F. The highest BCUT2D eigenvalue weighted by Gasteiger charge is 2.78. The predicted molar refractivity (Wildman–Crippen MR) is 137 cm³/mol. The van der Waals surface area contributed by atoms with Crippen LogP contribution in [0.3, 0.4) is 0 Å². The Bertz CT molecular complexity index is 1200. The summed E-state index contributed by atoms with van der Waals surface area (Å²) in [6.45, 7) is 4.26. The molecule has 1 aromatic heterocycles. The highest BCUT2D eigenvalue weighted by Crippen LogP contribution is 2.72. The van der Waals surface area contributed by atoms with E-state index in [-0.39, 0.29) is 29.8 Å². The molecule has 4 aliphatic carbocycles. The van der Waals surface area contributed by atoms with Crippen molar-refractivity contribution in [1.82, 2.24) is 10.0 Å². The molecule has 0 spiro atoms. The van der Waals surface area contributed by atoms with Crippen molar-refractivity contribution in [2.24, 2.45) is 28.6 Å². The largest absolute Gasteiger partial charge is 0.390 e. The van der Waals surface area contributed by atoms with Gasteiger partial charge in [0, 0.05) is 48.1 Å². The van der Waals surface area contributed by atoms with E-state index in [1.807, 2.05) is 30.3 Å². The van der Waals surface area contributed by atoms with Gasteiger partial charge in [0.05, 0.1) is 6.10 Å². The van der Waals surface area contributed by atoms with E-state index >= 15 is 4.39 Å². The number of Topliss-reactive ketones (excluding diaryl/α,β-unsaturated/α-hetero) is 1. The van der Waals surface area contributed by atoms with Gasteiger partial charge in [-0.25, -0.2) is 4.39 Å². The average Bonchev–Trinajstić information content (AvgIpc) is 3.38. The van der Waals surface area contributed by atoms with E-state index in [2.05, 4.69) is 4.98 Å². The van der Waals surface area contributed by atoms with Crippen molar-refractivity contribution in [3.05, 3.63) is 53.9 Å². The number of hydrogen-bond acceptors (Lipinski definition) is 7. The Hall–Kier alpha value is -2.26. The van der Waals surface area contributed by atoms with Crippen LogP contribution in [0.1, 0.15) is 51.5 Å². The van der Waals surface area contributed by atoms with Crippen LogP contribution >= 0.6 is 0 Å². The second-order valence-electron chi connectivity index (χ2n) is 12.5. The van der Waals surface area contributed by atoms with Crippen molar-refractivity contribution >= 4 is 11.6 Å². The Labute approximate surface area is 222 Å². The molecule has 4 fully saturated rings. The minimum absolute atomic E-state index is 0.0566. The van der Waals surface area contributed by atoms with E-state index in [0.717, 1.165) is 24.0 Å². The molecule has 3 saturated carbocycles. The zero-order valence-corrected chi connectivity index (χ0v) is 22.1. The lowest BCUT2D eigenvalue weighted by atomic mass is 9.44. The van der Waals surface area contributed by atoms with Crippen LogP contribution in [0.15, 0.2) is 48.3 Å². The van der Waals surface area contributed by atoms with Crippen LogP contribution < -0.4 is 0 Å². The number of halogens is 1. The van der Waals surface area contributed by atoms with Crippen LogP contribution in [0.2, 0.25) is 0 Å². The van der Waals surface area contributed by atoms with Gasteiger partial charge in [0.15, 0.2) is 22.8 Å². The van der Waals surface area contributed by atoms with Gasteiger partial charge in [0.1, 0.15) is 6.61 Å². The maximum Gasteiger partial charge on any atom is 0.192 e. The molecular formula is C30H37FN2O5. The number of allylic oxidation sites excluding steroid dienone is 4. The maximum atomic E-state index is 17.4. The Morgan fingerprint density at radius 2 is 2.13 bits per heavy atom. The highest BCUT2D eigenvalue weighted by molar-refractivity contribution is 6.01. The van der Waals surface area contributed by atoms with Crippen LogP contribution in [0.5, 0.6) is 0 Å². The van der Waals surface area contributed by atoms with Gasteiger partial charge >= 0.3 is 0 Å². The molecule has 204 valence electrons. The van der Waals surface area contributed by atoms with Crippen molar-refractivity contribution in [3.8, 4) is 0 Å². The molecule has 1 aliphatic heterocycles. The molecule has 8 heteroatoms. The van der Waals surface area contributed by atoms with E-state index in [1.54, 1.807) is 19.2 Å². The van der Waals surface area contributed by atoms with Gasteiger partial charge in [0.25, 0.3) is 0 Å². The minimum atomic E-state index is -1.95. The zero-order chi connectivity index (χ0) is 26.9. The average molecular weight is 525 g/mol. The Balaban J connectivity index is 1.30. The molecule has 1 aromatic rings. The molecule has 0 unspecified atom stereocenters. The molecule has 0 bridgehead atoms. The topological polar surface area (TPSA) is 100.0 Å². The van der Waals surface area contributed by atoms with Crippen molar-refractivity contribution in [3.63, 3.8) is 0 Å². The molecular weight excluding hydrogens is 487 g/mol. The molecule has 38 heavy (non-hydrogen) atoms. The van der Waals surface area contributed by atoms with Crippen molar-refractivity contribution in [2.45, 2.75) is 69.7 Å². The Kier molecular flexibility index (Phi) is 6.07. The molecule has 5 aliphatic rings. The standard InChI is InChI=1S/C30H37FN2O5/c1-27-10-9-22(35)13-20(27)7-8-23-24-14-21-17-33(12-4-6-19-5-3-11-32-16-19)38-30(21,26(37)18-34)28(24,2)15-25(36)29(23,27)31/h3,5,9-11,13,16,21,23-25,34,36H,4,6-8,12,14-15,17-18H2,1-2H3/t21-,23-,24-,25-,27-,28-,29-,30-/m0/s1. The summed E-state index contributed by atoms with van der Waals surface area (Å²) in [5.41, 5.74) is -3.28. The number of carbonyl (C=O) groups excluding carboxylic acids is 2. The fourth-order valence-corrected chi connectivity index (χ4v) is 9.09. The van der Waals surface area contributed by atoms with Crippen LogP contribution in [-0.4, -0.2) is 68.9 Å². The quantitative estimate of drug-likeness (QED) is 0.590. The molecule has 0 aromatic carbocycles. The number of aliphatic hydroxyl groups is 2. The fourth-order valence-electron chi connectivity index (χ4n) is 9.09. The second-order valence-corrected chi connectivity index (χ2v) is 12.5. The molecule has 0 radical (unpaired) electrons. The van der Waals surface area contributed by atoms with Gasteiger partial charge in [-0.15, -0.1) is 0 Å². The van der Waals surface area contributed by atoms with Crippen molar-refractivity contribution < 1.29 is 29.0 Å². The number of hydroxylamine groups is 2. The molecule has 0 amide bonds. The van der Waals surface area contributed by atoms with Gasteiger partial charge in [-0.3, -0.25) is 19.4 Å². The first-order chi connectivity index (χ1) is 18.1. The number of aromatic nitrogens is 1. The molecule has 2 heterocycles. The smallest absolute Gasteiger partial charge is 0.192 e. The number of hydrogen-bond donors (Lipinski definition) is 2. The third kappa shape index (κ3) is 3.30. The molecule has 1 saturated heterocycles. The number of carbonyl (C=O) groups is 2. The number of alkyl halides is 1. The number of fused-ring (bicyclic) bond motifs is 7. The van der Waals surface area contributed by atoms with Crippen LogP contribution in [0.4, 0.5) is 4.39 Å². The third-order valence-electron chi connectivity index (χ3n) is 10.8. The summed E-state index contributed by atoms with van der Waals surface area (Å²) in [5, 5.41) is 23.5. The van der Waals surface area contributed by atoms with Crippen LogP contribution in [0, 0.1) is 28.6 Å². The van der Waals surface area contributed by atoms with E-state index in [1.165, 1.54) is 12.2 Å². The maximum absolute atomic E-state index is 17.4. The Morgan fingerprint density at radius 1 is 1.32 bits per heavy atom. The molecule has 2 N–H and O–H groups in total. The summed E-state index contributed by atoms with van der Waals surface area (Å²) in [5.74, 6) is -1.41. The molecule has 8 atom stereocenters. The number of ketones is 2. The van der Waals surface area contributed by atoms with Crippen molar-refractivity contribution in [2.75, 3.05) is 19.7 Å². The first-order valence-electron chi connectivity index (χ1n) is 13.9. The van der Waals surface area contributed by atoms with E-state index in [4.69, 9.17) is 4.84 Å².